The third kappa shape index (κ3) is 6.76. The van der Waals surface area contributed by atoms with Crippen molar-refractivity contribution in [3.8, 4) is 5.75 Å². The van der Waals surface area contributed by atoms with Crippen molar-refractivity contribution in [2.75, 3.05) is 0 Å². The van der Waals surface area contributed by atoms with Gasteiger partial charge in [0.25, 0.3) is 0 Å². The summed E-state index contributed by atoms with van der Waals surface area (Å²) in [6, 6.07) is 5.76. The van der Waals surface area contributed by atoms with E-state index in [-0.39, 0.29) is 24.1 Å². The van der Waals surface area contributed by atoms with E-state index in [0.29, 0.717) is 19.3 Å². The molecule has 0 spiro atoms. The normalized spacial score (nSPS) is 13.4. The molecule has 21 heavy (non-hydrogen) atoms. The number of nitrogens with one attached hydrogen (secondary N) is 1. The van der Waals surface area contributed by atoms with Gasteiger partial charge in [0.15, 0.2) is 0 Å². The van der Waals surface area contributed by atoms with Crippen LogP contribution in [0.3, 0.4) is 0 Å². The Hall–Kier alpha value is -2.08. The number of aromatic hydroxyl groups is 1. The smallest absolute Gasteiger partial charge is 0.303 e. The lowest BCUT2D eigenvalue weighted by molar-refractivity contribution is -0.137. The number of phenolic OH excluding ortho intramolecular Hbond substituents is 1. The fraction of sp³-hybridized carbons (Fsp3) is 0.467. The van der Waals surface area contributed by atoms with Crippen LogP contribution < -0.4 is 11.1 Å². The van der Waals surface area contributed by atoms with Crippen molar-refractivity contribution in [3.05, 3.63) is 29.8 Å². The van der Waals surface area contributed by atoms with Gasteiger partial charge >= 0.3 is 5.97 Å². The fourth-order valence-corrected chi connectivity index (χ4v) is 1.96. The van der Waals surface area contributed by atoms with Gasteiger partial charge in [-0.1, -0.05) is 12.1 Å². The predicted molar refractivity (Wildman–Crippen MR) is 78.9 cm³/mol. The first-order chi connectivity index (χ1) is 9.88. The number of aliphatic carboxylic acids is 1. The maximum absolute atomic E-state index is 11.9. The Morgan fingerprint density at radius 3 is 2.48 bits per heavy atom. The first-order valence-corrected chi connectivity index (χ1v) is 6.94. The van der Waals surface area contributed by atoms with Crippen LogP contribution >= 0.6 is 0 Å². The molecule has 1 unspecified atom stereocenters. The highest BCUT2D eigenvalue weighted by atomic mass is 16.4. The summed E-state index contributed by atoms with van der Waals surface area (Å²) in [5, 5.41) is 20.5. The Bertz CT molecular complexity index is 473. The van der Waals surface area contributed by atoms with Gasteiger partial charge in [-0.15, -0.1) is 0 Å². The molecule has 6 heteroatoms. The Balaban J connectivity index is 2.36. The van der Waals surface area contributed by atoms with Crippen LogP contribution in [0.1, 0.15) is 31.7 Å². The predicted octanol–water partition coefficient (Wildman–Crippen LogP) is 1.02. The van der Waals surface area contributed by atoms with Crippen LogP contribution in [-0.4, -0.2) is 34.2 Å². The zero-order chi connectivity index (χ0) is 15.8. The largest absolute Gasteiger partial charge is 0.508 e. The van der Waals surface area contributed by atoms with Crippen molar-refractivity contribution in [2.24, 2.45) is 5.73 Å². The Morgan fingerprint density at radius 1 is 1.29 bits per heavy atom. The van der Waals surface area contributed by atoms with Gasteiger partial charge in [0.1, 0.15) is 5.75 Å². The first kappa shape index (κ1) is 17.0. The molecule has 1 aromatic carbocycles. The number of carboxylic acids is 1. The fourth-order valence-electron chi connectivity index (χ4n) is 1.96. The van der Waals surface area contributed by atoms with Gasteiger partial charge < -0.3 is 21.3 Å². The summed E-state index contributed by atoms with van der Waals surface area (Å²) in [4.78, 5) is 22.3. The standard InChI is InChI=1S/C15H22N2O4/c1-10(3-2-4-14(19)20)17-15(21)13(16)9-11-5-7-12(18)8-6-11/h5-8,10,13,18H,2-4,9,16H2,1H3,(H,17,21)(H,19,20)/t10?,13-/m1/s1. The van der Waals surface area contributed by atoms with Crippen LogP contribution in [0.15, 0.2) is 24.3 Å². The molecular weight excluding hydrogens is 272 g/mol. The summed E-state index contributed by atoms with van der Waals surface area (Å²) < 4.78 is 0. The molecule has 0 radical (unpaired) electrons. The highest BCUT2D eigenvalue weighted by molar-refractivity contribution is 5.82. The number of nitrogens with two attached hydrogens (primary N) is 1. The monoisotopic (exact) mass is 294 g/mol. The van der Waals surface area contributed by atoms with E-state index >= 15 is 0 Å². The molecule has 0 heterocycles. The molecule has 0 aliphatic rings. The van der Waals surface area contributed by atoms with E-state index in [9.17, 15) is 14.7 Å². The van der Waals surface area contributed by atoms with Crippen LogP contribution in [0.4, 0.5) is 0 Å². The number of amides is 1. The van der Waals surface area contributed by atoms with Crippen LogP contribution in [0.5, 0.6) is 5.75 Å². The van der Waals surface area contributed by atoms with Crippen LogP contribution in [0.25, 0.3) is 0 Å². The maximum Gasteiger partial charge on any atom is 0.303 e. The number of carboxylic acid groups (broad SMARTS) is 1. The van der Waals surface area contributed by atoms with Crippen molar-refractivity contribution in [3.63, 3.8) is 0 Å². The Morgan fingerprint density at radius 2 is 1.90 bits per heavy atom. The van der Waals surface area contributed by atoms with Gasteiger partial charge in [0, 0.05) is 12.5 Å². The molecule has 0 saturated carbocycles. The summed E-state index contributed by atoms with van der Waals surface area (Å²) in [6.07, 6.45) is 1.60. The number of phenols is 1. The number of rotatable bonds is 8. The molecule has 1 rings (SSSR count). The van der Waals surface area contributed by atoms with Crippen molar-refractivity contribution in [1.82, 2.24) is 5.32 Å². The summed E-state index contributed by atoms with van der Waals surface area (Å²) in [7, 11) is 0. The SMILES string of the molecule is CC(CCCC(=O)O)NC(=O)[C@H](N)Cc1ccc(O)cc1. The van der Waals surface area contributed by atoms with E-state index in [0.717, 1.165) is 5.56 Å². The molecule has 2 atom stereocenters. The van der Waals surface area contributed by atoms with Crippen LogP contribution in [0.2, 0.25) is 0 Å². The summed E-state index contributed by atoms with van der Waals surface area (Å²) in [6.45, 7) is 1.83. The molecule has 5 N–H and O–H groups in total. The van der Waals surface area contributed by atoms with Crippen molar-refractivity contribution in [1.29, 1.82) is 0 Å². The first-order valence-electron chi connectivity index (χ1n) is 6.94. The second-order valence-corrected chi connectivity index (χ2v) is 5.17. The van der Waals surface area contributed by atoms with Crippen molar-refractivity contribution >= 4 is 11.9 Å². The van der Waals surface area contributed by atoms with Gasteiger partial charge in [-0.05, 0) is 43.9 Å². The second-order valence-electron chi connectivity index (χ2n) is 5.17. The topological polar surface area (TPSA) is 113 Å². The van der Waals surface area contributed by atoms with Crippen LogP contribution in [0, 0.1) is 0 Å². The highest BCUT2D eigenvalue weighted by Gasteiger charge is 2.16. The number of benzene rings is 1. The average Bonchev–Trinajstić information content (AvgIpc) is 2.40. The number of hydrogen-bond donors (Lipinski definition) is 4. The van der Waals surface area contributed by atoms with Gasteiger partial charge in [-0.25, -0.2) is 0 Å². The summed E-state index contributed by atoms with van der Waals surface area (Å²) in [5.41, 5.74) is 6.71. The zero-order valence-corrected chi connectivity index (χ0v) is 12.1. The Labute approximate surface area is 124 Å². The van der Waals surface area contributed by atoms with Gasteiger partial charge in [0.2, 0.25) is 5.91 Å². The number of hydrogen-bond acceptors (Lipinski definition) is 4. The average molecular weight is 294 g/mol. The van der Waals surface area contributed by atoms with Gasteiger partial charge in [0.05, 0.1) is 6.04 Å². The Kier molecular flexibility index (Phi) is 6.68. The van der Waals surface area contributed by atoms with E-state index in [1.807, 2.05) is 6.92 Å². The molecule has 0 aromatic heterocycles. The maximum atomic E-state index is 11.9. The van der Waals surface area contributed by atoms with Crippen molar-refractivity contribution in [2.45, 2.75) is 44.7 Å². The molecule has 0 bridgehead atoms. The van der Waals surface area contributed by atoms with Crippen LogP contribution in [-0.2, 0) is 16.0 Å². The molecule has 0 fully saturated rings. The van der Waals surface area contributed by atoms with Gasteiger partial charge in [-0.3, -0.25) is 9.59 Å². The lowest BCUT2D eigenvalue weighted by atomic mass is 10.0. The van der Waals surface area contributed by atoms with E-state index in [1.165, 1.54) is 0 Å². The zero-order valence-electron chi connectivity index (χ0n) is 12.1. The molecule has 0 aliphatic heterocycles. The number of carbonyl (C=O) groups is 2. The molecule has 6 nitrogen and oxygen atoms in total. The van der Waals surface area contributed by atoms with E-state index < -0.39 is 12.0 Å². The minimum absolute atomic E-state index is 0.0970. The minimum atomic E-state index is -0.836. The molecule has 116 valence electrons. The minimum Gasteiger partial charge on any atom is -0.508 e. The van der Waals surface area contributed by atoms with E-state index in [4.69, 9.17) is 10.8 Å². The quantitative estimate of drug-likeness (QED) is 0.572. The second kappa shape index (κ2) is 8.26. The summed E-state index contributed by atoms with van der Waals surface area (Å²) in [5.74, 6) is -0.924. The molecule has 1 amide bonds. The third-order valence-corrected chi connectivity index (χ3v) is 3.15. The van der Waals surface area contributed by atoms with Gasteiger partial charge in [-0.2, -0.15) is 0 Å². The van der Waals surface area contributed by atoms with Crippen molar-refractivity contribution < 1.29 is 19.8 Å². The lowest BCUT2D eigenvalue weighted by Gasteiger charge is -2.17. The lowest BCUT2D eigenvalue weighted by Crippen LogP contribution is -2.45. The van der Waals surface area contributed by atoms with E-state index in [1.54, 1.807) is 24.3 Å². The molecule has 1 aromatic rings. The molecule has 0 saturated heterocycles. The summed E-state index contributed by atoms with van der Waals surface area (Å²) >= 11 is 0. The highest BCUT2D eigenvalue weighted by Crippen LogP contribution is 2.11. The van der Waals surface area contributed by atoms with E-state index in [2.05, 4.69) is 5.32 Å². The third-order valence-electron chi connectivity index (χ3n) is 3.15. The molecule has 0 aliphatic carbocycles. The number of carbonyl (C=O) groups excluding carboxylic acids is 1. The molecular formula is C15H22N2O4.